The molecule has 21 heavy (non-hydrogen) atoms. The van der Waals surface area contributed by atoms with Gasteiger partial charge in [0.1, 0.15) is 5.82 Å². The lowest BCUT2D eigenvalue weighted by molar-refractivity contribution is -0.121. The molecule has 1 aliphatic carbocycles. The van der Waals surface area contributed by atoms with Crippen molar-refractivity contribution in [2.45, 2.75) is 57.5 Å². The maximum absolute atomic E-state index is 13.2. The maximum Gasteiger partial charge on any atom is 0.234 e. The van der Waals surface area contributed by atoms with Gasteiger partial charge in [0.2, 0.25) is 5.91 Å². The first-order valence-corrected chi connectivity index (χ1v) is 7.93. The summed E-state index contributed by atoms with van der Waals surface area (Å²) in [4.78, 5) is 12.0. The Morgan fingerprint density at radius 1 is 1.29 bits per heavy atom. The van der Waals surface area contributed by atoms with Crippen LogP contribution < -0.4 is 10.6 Å². The molecule has 0 bridgehead atoms. The predicted octanol–water partition coefficient (Wildman–Crippen LogP) is 3.32. The number of benzene rings is 1. The van der Waals surface area contributed by atoms with Crippen LogP contribution in [-0.4, -0.2) is 18.5 Å². The first-order valence-electron chi connectivity index (χ1n) is 7.93. The summed E-state index contributed by atoms with van der Waals surface area (Å²) in [6.07, 6.45) is 7.15. The van der Waals surface area contributed by atoms with Crippen LogP contribution in [0.4, 0.5) is 4.39 Å². The quantitative estimate of drug-likeness (QED) is 0.817. The van der Waals surface area contributed by atoms with Gasteiger partial charge in [0.05, 0.1) is 6.54 Å². The number of carbonyl (C=O) groups excluding carboxylic acids is 1. The van der Waals surface area contributed by atoms with Gasteiger partial charge in [-0.05, 0) is 37.5 Å². The molecule has 2 rings (SSSR count). The molecule has 1 saturated carbocycles. The summed E-state index contributed by atoms with van der Waals surface area (Å²) in [5.74, 6) is -0.214. The van der Waals surface area contributed by atoms with Crippen molar-refractivity contribution in [2.75, 3.05) is 6.54 Å². The molecule has 1 amide bonds. The molecule has 0 radical (unpaired) electrons. The molecule has 2 N–H and O–H groups in total. The summed E-state index contributed by atoms with van der Waals surface area (Å²) in [6.45, 7) is 2.21. The molecule has 0 aliphatic heterocycles. The number of nitrogens with one attached hydrogen (secondary N) is 2. The van der Waals surface area contributed by atoms with E-state index in [1.54, 1.807) is 6.07 Å². The topological polar surface area (TPSA) is 41.1 Å². The third-order valence-corrected chi connectivity index (χ3v) is 4.14. The van der Waals surface area contributed by atoms with Crippen LogP contribution in [0, 0.1) is 5.82 Å². The molecule has 1 aromatic rings. The van der Waals surface area contributed by atoms with Gasteiger partial charge >= 0.3 is 0 Å². The fourth-order valence-corrected chi connectivity index (χ4v) is 2.84. The van der Waals surface area contributed by atoms with Crippen molar-refractivity contribution in [1.29, 1.82) is 0 Å². The Bertz CT molecular complexity index is 456. The Balaban J connectivity index is 1.75. The number of rotatable bonds is 5. The van der Waals surface area contributed by atoms with Gasteiger partial charge in [0.15, 0.2) is 0 Å². The van der Waals surface area contributed by atoms with Gasteiger partial charge in [0.25, 0.3) is 0 Å². The standard InChI is InChI=1S/C17H25FN2O/c1-13(14-7-6-8-15(18)11-14)19-12-17(21)20-16-9-4-2-3-5-10-16/h6-8,11,13,16,19H,2-5,9-10,12H2,1H3,(H,20,21). The van der Waals surface area contributed by atoms with E-state index < -0.39 is 0 Å². The number of carbonyl (C=O) groups is 1. The minimum atomic E-state index is -0.246. The Hall–Kier alpha value is -1.42. The van der Waals surface area contributed by atoms with Crippen LogP contribution in [-0.2, 0) is 4.79 Å². The minimum absolute atomic E-state index is 0.0325. The maximum atomic E-state index is 13.2. The average molecular weight is 292 g/mol. The fourth-order valence-electron chi connectivity index (χ4n) is 2.84. The van der Waals surface area contributed by atoms with Crippen molar-refractivity contribution in [2.24, 2.45) is 0 Å². The lowest BCUT2D eigenvalue weighted by Crippen LogP contribution is -2.40. The summed E-state index contributed by atoms with van der Waals surface area (Å²) in [5.41, 5.74) is 0.859. The number of amides is 1. The van der Waals surface area contributed by atoms with E-state index >= 15 is 0 Å². The number of hydrogen-bond donors (Lipinski definition) is 2. The van der Waals surface area contributed by atoms with Gasteiger partial charge in [-0.2, -0.15) is 0 Å². The van der Waals surface area contributed by atoms with Gasteiger partial charge in [-0.3, -0.25) is 4.79 Å². The van der Waals surface area contributed by atoms with Crippen LogP contribution in [0.15, 0.2) is 24.3 Å². The van der Waals surface area contributed by atoms with Crippen LogP contribution in [0.5, 0.6) is 0 Å². The van der Waals surface area contributed by atoms with Crippen LogP contribution in [0.1, 0.15) is 57.1 Å². The molecule has 1 aliphatic rings. The Kier molecular flexibility index (Phi) is 6.18. The molecule has 0 spiro atoms. The van der Waals surface area contributed by atoms with Crippen LogP contribution >= 0.6 is 0 Å². The normalized spacial score (nSPS) is 18.0. The molecule has 1 unspecified atom stereocenters. The van der Waals surface area contributed by atoms with Gasteiger partial charge in [-0.1, -0.05) is 37.8 Å². The Labute approximate surface area is 126 Å². The first kappa shape index (κ1) is 16.0. The summed E-state index contributed by atoms with van der Waals surface area (Å²) in [6, 6.07) is 6.76. The fraction of sp³-hybridized carbons (Fsp3) is 0.588. The van der Waals surface area contributed by atoms with E-state index in [1.165, 1.54) is 37.8 Å². The molecule has 1 atom stereocenters. The highest BCUT2D eigenvalue weighted by molar-refractivity contribution is 5.78. The van der Waals surface area contributed by atoms with Crippen molar-refractivity contribution in [3.05, 3.63) is 35.6 Å². The highest BCUT2D eigenvalue weighted by Crippen LogP contribution is 2.17. The summed E-state index contributed by atoms with van der Waals surface area (Å²) in [5, 5.41) is 6.25. The van der Waals surface area contributed by atoms with Crippen molar-refractivity contribution in [3.8, 4) is 0 Å². The SMILES string of the molecule is CC(NCC(=O)NC1CCCCCC1)c1cccc(F)c1. The lowest BCUT2D eigenvalue weighted by Gasteiger charge is -2.18. The number of hydrogen-bond acceptors (Lipinski definition) is 2. The van der Waals surface area contributed by atoms with E-state index in [0.717, 1.165) is 18.4 Å². The monoisotopic (exact) mass is 292 g/mol. The van der Waals surface area contributed by atoms with Crippen LogP contribution in [0.3, 0.4) is 0 Å². The van der Waals surface area contributed by atoms with Crippen molar-refractivity contribution in [1.82, 2.24) is 10.6 Å². The second-order valence-corrected chi connectivity index (χ2v) is 5.91. The summed E-state index contributed by atoms with van der Waals surface area (Å²) < 4.78 is 13.2. The molecular formula is C17H25FN2O. The zero-order valence-corrected chi connectivity index (χ0v) is 12.7. The number of halogens is 1. The largest absolute Gasteiger partial charge is 0.352 e. The first-order chi connectivity index (χ1) is 10.1. The third-order valence-electron chi connectivity index (χ3n) is 4.14. The van der Waals surface area contributed by atoms with E-state index in [4.69, 9.17) is 0 Å². The van der Waals surface area contributed by atoms with E-state index in [2.05, 4.69) is 10.6 Å². The molecule has 0 saturated heterocycles. The molecule has 4 heteroatoms. The zero-order chi connectivity index (χ0) is 15.1. The molecule has 1 fully saturated rings. The van der Waals surface area contributed by atoms with Gasteiger partial charge in [0, 0.05) is 12.1 Å². The zero-order valence-electron chi connectivity index (χ0n) is 12.7. The lowest BCUT2D eigenvalue weighted by atomic mass is 10.1. The Morgan fingerprint density at radius 3 is 2.67 bits per heavy atom. The van der Waals surface area contributed by atoms with E-state index in [1.807, 2.05) is 13.0 Å². The van der Waals surface area contributed by atoms with E-state index in [-0.39, 0.29) is 24.3 Å². The molecule has 116 valence electrons. The molecule has 0 heterocycles. The molecular weight excluding hydrogens is 267 g/mol. The smallest absolute Gasteiger partial charge is 0.234 e. The molecule has 1 aromatic carbocycles. The van der Waals surface area contributed by atoms with E-state index in [9.17, 15) is 9.18 Å². The second kappa shape index (κ2) is 8.13. The highest BCUT2D eigenvalue weighted by atomic mass is 19.1. The van der Waals surface area contributed by atoms with Crippen molar-refractivity contribution in [3.63, 3.8) is 0 Å². The van der Waals surface area contributed by atoms with Gasteiger partial charge < -0.3 is 10.6 Å². The van der Waals surface area contributed by atoms with Crippen LogP contribution in [0.25, 0.3) is 0 Å². The van der Waals surface area contributed by atoms with Crippen molar-refractivity contribution < 1.29 is 9.18 Å². The van der Waals surface area contributed by atoms with E-state index in [0.29, 0.717) is 6.04 Å². The summed E-state index contributed by atoms with van der Waals surface area (Å²) >= 11 is 0. The summed E-state index contributed by atoms with van der Waals surface area (Å²) in [7, 11) is 0. The highest BCUT2D eigenvalue weighted by Gasteiger charge is 2.15. The second-order valence-electron chi connectivity index (χ2n) is 5.91. The molecule has 0 aromatic heterocycles. The average Bonchev–Trinajstić information content (AvgIpc) is 2.73. The third kappa shape index (κ3) is 5.46. The van der Waals surface area contributed by atoms with Gasteiger partial charge in [-0.25, -0.2) is 4.39 Å². The van der Waals surface area contributed by atoms with Crippen LogP contribution in [0.2, 0.25) is 0 Å². The van der Waals surface area contributed by atoms with Crippen molar-refractivity contribution >= 4 is 5.91 Å². The minimum Gasteiger partial charge on any atom is -0.352 e. The predicted molar refractivity (Wildman–Crippen MR) is 82.5 cm³/mol. The van der Waals surface area contributed by atoms with Gasteiger partial charge in [-0.15, -0.1) is 0 Å². The Morgan fingerprint density at radius 2 is 2.00 bits per heavy atom. The molecule has 3 nitrogen and oxygen atoms in total.